The zero-order chi connectivity index (χ0) is 25.4. The van der Waals surface area contributed by atoms with Gasteiger partial charge in [-0.3, -0.25) is 14.6 Å². The van der Waals surface area contributed by atoms with Crippen LogP contribution in [0.5, 0.6) is 0 Å². The number of nitrogens with one attached hydrogen (secondary N) is 1. The van der Waals surface area contributed by atoms with Gasteiger partial charge in [-0.1, -0.05) is 30.3 Å². The lowest BCUT2D eigenvalue weighted by atomic mass is 9.77. The van der Waals surface area contributed by atoms with Crippen molar-refractivity contribution in [2.45, 2.75) is 44.9 Å². The minimum Gasteiger partial charge on any atom is -0.341 e. The van der Waals surface area contributed by atoms with Crippen LogP contribution in [0.1, 0.15) is 46.4 Å². The summed E-state index contributed by atoms with van der Waals surface area (Å²) in [5.41, 5.74) is 17.7. The number of carbonyl (C=O) groups excluding carboxylic acids is 2. The van der Waals surface area contributed by atoms with Crippen LogP contribution in [0, 0.1) is 0 Å². The summed E-state index contributed by atoms with van der Waals surface area (Å²) in [4.78, 5) is 35.1. The normalized spacial score (nSPS) is 17.3. The van der Waals surface area contributed by atoms with Gasteiger partial charge >= 0.3 is 0 Å². The van der Waals surface area contributed by atoms with Crippen LogP contribution in [-0.2, 0) is 41.7 Å². The number of nitrogens with zero attached hydrogens (tertiary/aromatic N) is 2. The Morgan fingerprint density at radius 2 is 1.55 bits per heavy atom. The Labute approximate surface area is 223 Å². The largest absolute Gasteiger partial charge is 0.341 e. The highest BCUT2D eigenvalue weighted by Crippen LogP contribution is 2.46. The van der Waals surface area contributed by atoms with Crippen molar-refractivity contribution in [3.05, 3.63) is 75.6 Å². The zero-order valence-corrected chi connectivity index (χ0v) is 22.8. The number of carbonyl (C=O) groups is 2. The van der Waals surface area contributed by atoms with Gasteiger partial charge in [-0.25, -0.2) is 4.98 Å². The second-order valence-corrected chi connectivity index (χ2v) is 12.6. The number of rotatable bonds is 4. The van der Waals surface area contributed by atoms with Gasteiger partial charge in [0, 0.05) is 37.4 Å². The van der Waals surface area contributed by atoms with E-state index in [1.165, 1.54) is 72.2 Å². The Hall–Kier alpha value is -3.26. The molecule has 0 saturated heterocycles. The van der Waals surface area contributed by atoms with Crippen LogP contribution in [-0.4, -0.2) is 27.5 Å². The maximum atomic E-state index is 11.1. The van der Waals surface area contributed by atoms with Gasteiger partial charge in [-0.15, -0.1) is 0 Å². The molecule has 1 N–H and O–H groups in total. The molecule has 3 aliphatic carbocycles. The molecule has 186 valence electrons. The molecule has 5 nitrogen and oxygen atoms in total. The summed E-state index contributed by atoms with van der Waals surface area (Å²) < 4.78 is 0. The van der Waals surface area contributed by atoms with Gasteiger partial charge in [0.15, 0.2) is 0 Å². The lowest BCUT2D eigenvalue weighted by molar-refractivity contribution is 0.569. The molecule has 3 aromatic carbocycles. The molecule has 0 radical (unpaired) electrons. The minimum atomic E-state index is 0.0785. The first-order chi connectivity index (χ1) is 18.7. The van der Waals surface area contributed by atoms with Crippen molar-refractivity contribution in [3.63, 3.8) is 0 Å². The Kier molecular flexibility index (Phi) is 5.15. The monoisotopic (exact) mass is 533 g/mol. The van der Waals surface area contributed by atoms with Crippen molar-refractivity contribution < 1.29 is 9.59 Å². The minimum absolute atomic E-state index is 0.0785. The summed E-state index contributed by atoms with van der Waals surface area (Å²) in [6, 6.07) is 15.9. The van der Waals surface area contributed by atoms with Crippen molar-refractivity contribution in [2.75, 3.05) is 0 Å². The number of aliphatic imine (C=N–C) groups is 1. The second-order valence-electron chi connectivity index (χ2n) is 10.5. The van der Waals surface area contributed by atoms with E-state index in [0.717, 1.165) is 73.7 Å². The maximum absolute atomic E-state index is 11.1. The van der Waals surface area contributed by atoms with Crippen molar-refractivity contribution in [1.82, 2.24) is 9.97 Å². The Morgan fingerprint density at radius 1 is 0.763 bits per heavy atom. The lowest BCUT2D eigenvalue weighted by Crippen LogP contribution is -2.13. The average Bonchev–Trinajstić information content (AvgIpc) is 3.55. The molecule has 4 aromatic rings. The van der Waals surface area contributed by atoms with Crippen LogP contribution in [0.15, 0.2) is 47.1 Å². The first kappa shape index (κ1) is 22.7. The topological polar surface area (TPSA) is 75.2 Å². The smallest absolute Gasteiger partial charge is 0.146 e. The molecule has 0 amide bonds. The van der Waals surface area contributed by atoms with Crippen molar-refractivity contribution in [3.8, 4) is 22.4 Å². The number of imidazole rings is 1. The van der Waals surface area contributed by atoms with Crippen molar-refractivity contribution in [1.29, 1.82) is 0 Å². The van der Waals surface area contributed by atoms with E-state index in [4.69, 9.17) is 9.98 Å². The van der Waals surface area contributed by atoms with Gasteiger partial charge < -0.3 is 4.98 Å². The molecule has 2 unspecified atom stereocenters. The van der Waals surface area contributed by atoms with Crippen LogP contribution >= 0.6 is 17.2 Å². The molecule has 7 heteroatoms. The molecule has 4 aliphatic rings. The van der Waals surface area contributed by atoms with Crippen LogP contribution in [0.25, 0.3) is 38.7 Å². The number of aromatic nitrogens is 2. The third-order valence-electron chi connectivity index (χ3n) is 8.70. The SMILES string of the molecule is O=CPC1=NC2=C(C1)c1ccc3cc4c(cc3c1CC2)CCc1c-4ccc2c1CCc1[nH]c(PC=O)nc1-2. The van der Waals surface area contributed by atoms with Gasteiger partial charge in [0.1, 0.15) is 17.6 Å². The van der Waals surface area contributed by atoms with Crippen LogP contribution in [0.3, 0.4) is 0 Å². The number of hydrogen-bond donors (Lipinski definition) is 1. The van der Waals surface area contributed by atoms with Gasteiger partial charge in [-0.2, -0.15) is 0 Å². The molecule has 1 aliphatic heterocycles. The van der Waals surface area contributed by atoms with Crippen molar-refractivity contribution in [2.24, 2.45) is 4.99 Å². The molecule has 0 spiro atoms. The van der Waals surface area contributed by atoms with E-state index in [9.17, 15) is 9.59 Å². The number of aromatic amines is 1. The summed E-state index contributed by atoms with van der Waals surface area (Å²) in [5, 5.41) is 2.69. The van der Waals surface area contributed by atoms with E-state index in [1.807, 2.05) is 0 Å². The van der Waals surface area contributed by atoms with Crippen LogP contribution in [0.4, 0.5) is 0 Å². The van der Waals surface area contributed by atoms with E-state index in [1.54, 1.807) is 0 Å². The Bertz CT molecular complexity index is 1800. The summed E-state index contributed by atoms with van der Waals surface area (Å²) in [7, 11) is 0.259. The predicted octanol–water partition coefficient (Wildman–Crippen LogP) is 5.92. The quantitative estimate of drug-likeness (QED) is 0.262. The summed E-state index contributed by atoms with van der Waals surface area (Å²) in [6.07, 6.45) is 6.85. The Balaban J connectivity index is 1.22. The molecule has 38 heavy (non-hydrogen) atoms. The highest BCUT2D eigenvalue weighted by Gasteiger charge is 2.29. The first-order valence-corrected chi connectivity index (χ1v) is 15.4. The van der Waals surface area contributed by atoms with Gasteiger partial charge in [-0.05, 0) is 108 Å². The Morgan fingerprint density at radius 3 is 2.45 bits per heavy atom. The lowest BCUT2D eigenvalue weighted by Gasteiger charge is -2.28. The maximum Gasteiger partial charge on any atom is 0.146 e. The molecule has 2 heterocycles. The molecular formula is C31H25N3O2P2. The number of fused-ring (bicyclic) bond motifs is 11. The van der Waals surface area contributed by atoms with E-state index < -0.39 is 0 Å². The molecule has 0 fully saturated rings. The molecule has 0 bridgehead atoms. The number of H-pyrrole nitrogens is 1. The number of allylic oxidation sites excluding steroid dienone is 2. The molecule has 8 rings (SSSR count). The molecule has 2 atom stereocenters. The average molecular weight is 534 g/mol. The fourth-order valence-corrected chi connectivity index (χ4v) is 8.19. The van der Waals surface area contributed by atoms with E-state index in [-0.39, 0.29) is 17.2 Å². The predicted molar refractivity (Wildman–Crippen MR) is 159 cm³/mol. The highest BCUT2D eigenvalue weighted by molar-refractivity contribution is 7.72. The van der Waals surface area contributed by atoms with Gasteiger partial charge in [0.25, 0.3) is 0 Å². The standard InChI is InChI=1S/C31H25N3O2P2/c35-14-37-29-13-26-22-4-2-17-11-24-16(12-25(17)21(22)7-9-27(26)32-29)1-3-18-19-8-10-28-30(23(19)6-5-20(18)24)34-31(33-28)38-15-36/h2,4-6,11-12,14-15,37-38H,1,3,7-10,13H2,(H,33,34). The van der Waals surface area contributed by atoms with Crippen LogP contribution in [0.2, 0.25) is 0 Å². The van der Waals surface area contributed by atoms with E-state index in [2.05, 4.69) is 41.4 Å². The number of aryl methyl sites for hydroxylation is 3. The van der Waals surface area contributed by atoms with Crippen molar-refractivity contribution >= 4 is 56.6 Å². The van der Waals surface area contributed by atoms with Gasteiger partial charge in [0.2, 0.25) is 0 Å². The summed E-state index contributed by atoms with van der Waals surface area (Å²) >= 11 is 0. The second kappa shape index (κ2) is 8.63. The zero-order valence-electron chi connectivity index (χ0n) is 20.8. The number of benzene rings is 3. The molecular weight excluding hydrogens is 508 g/mol. The van der Waals surface area contributed by atoms with Crippen LogP contribution < -0.4 is 5.57 Å². The number of hydrogen-bond acceptors (Lipinski definition) is 4. The third kappa shape index (κ3) is 3.32. The van der Waals surface area contributed by atoms with Gasteiger partial charge in [0.05, 0.1) is 5.69 Å². The van der Waals surface area contributed by atoms with E-state index >= 15 is 0 Å². The molecule has 1 aromatic heterocycles. The molecule has 0 saturated carbocycles. The van der Waals surface area contributed by atoms with E-state index in [0.29, 0.717) is 0 Å². The summed E-state index contributed by atoms with van der Waals surface area (Å²) in [6.45, 7) is 0. The fourth-order valence-electron chi connectivity index (χ4n) is 7.07. The first-order valence-electron chi connectivity index (χ1n) is 13.2. The highest BCUT2D eigenvalue weighted by atomic mass is 31.1. The third-order valence-corrected chi connectivity index (χ3v) is 10.1. The fraction of sp³-hybridized carbons (Fsp3) is 0.226. The summed E-state index contributed by atoms with van der Waals surface area (Å²) in [5.74, 6) is 0.